The molecule has 0 bridgehead atoms. The van der Waals surface area contributed by atoms with Crippen molar-refractivity contribution in [3.63, 3.8) is 0 Å². The van der Waals surface area contributed by atoms with Gasteiger partial charge in [-0.15, -0.1) is 0 Å². The minimum absolute atomic E-state index is 0.0698. The van der Waals surface area contributed by atoms with Gasteiger partial charge < -0.3 is 16.0 Å². The van der Waals surface area contributed by atoms with Gasteiger partial charge in [0.1, 0.15) is 0 Å². The Labute approximate surface area is 115 Å². The largest absolute Gasteiger partial charge is 0.326 e. The Morgan fingerprint density at radius 3 is 2.89 bits per heavy atom. The maximum absolute atomic E-state index is 11.9. The van der Waals surface area contributed by atoms with E-state index in [-0.39, 0.29) is 5.91 Å². The Balaban J connectivity index is 1.76. The third-order valence-electron chi connectivity index (χ3n) is 3.84. The Hall–Kier alpha value is -1.39. The quantitative estimate of drug-likeness (QED) is 0.823. The fourth-order valence-electron chi connectivity index (χ4n) is 2.29. The Morgan fingerprint density at radius 2 is 2.26 bits per heavy atom. The van der Waals surface area contributed by atoms with Crippen molar-refractivity contribution in [1.29, 1.82) is 0 Å². The monoisotopic (exact) mass is 261 g/mol. The van der Waals surface area contributed by atoms with Gasteiger partial charge in [0.2, 0.25) is 5.91 Å². The highest BCUT2D eigenvalue weighted by Crippen LogP contribution is 2.23. The summed E-state index contributed by atoms with van der Waals surface area (Å²) in [6, 6.07) is 8.38. The van der Waals surface area contributed by atoms with Crippen molar-refractivity contribution in [3.8, 4) is 0 Å². The third-order valence-corrected chi connectivity index (χ3v) is 3.84. The van der Waals surface area contributed by atoms with Gasteiger partial charge >= 0.3 is 0 Å². The predicted molar refractivity (Wildman–Crippen MR) is 77.8 cm³/mol. The zero-order valence-corrected chi connectivity index (χ0v) is 11.6. The van der Waals surface area contributed by atoms with Crippen molar-refractivity contribution in [1.82, 2.24) is 4.90 Å². The molecule has 0 saturated heterocycles. The molecule has 1 aromatic rings. The predicted octanol–water partition coefficient (Wildman–Crippen LogP) is 1.96. The van der Waals surface area contributed by atoms with Crippen LogP contribution in [0.1, 0.15) is 31.2 Å². The Morgan fingerprint density at radius 1 is 1.47 bits per heavy atom. The van der Waals surface area contributed by atoms with Crippen LogP contribution in [0.5, 0.6) is 0 Å². The maximum Gasteiger partial charge on any atom is 0.225 e. The van der Waals surface area contributed by atoms with Gasteiger partial charge in [0.25, 0.3) is 0 Å². The molecule has 1 amide bonds. The van der Waals surface area contributed by atoms with Gasteiger partial charge in [-0.1, -0.05) is 18.6 Å². The number of hydrogen-bond donors (Lipinski definition) is 2. The van der Waals surface area contributed by atoms with Crippen molar-refractivity contribution in [2.24, 2.45) is 5.73 Å². The van der Waals surface area contributed by atoms with Crippen molar-refractivity contribution in [3.05, 3.63) is 29.8 Å². The minimum Gasteiger partial charge on any atom is -0.326 e. The van der Waals surface area contributed by atoms with E-state index < -0.39 is 0 Å². The average molecular weight is 261 g/mol. The Kier molecular flexibility index (Phi) is 4.93. The molecule has 0 unspecified atom stereocenters. The summed E-state index contributed by atoms with van der Waals surface area (Å²) in [6.07, 6.45) is 4.42. The van der Waals surface area contributed by atoms with Gasteiger partial charge in [-0.25, -0.2) is 0 Å². The van der Waals surface area contributed by atoms with Crippen molar-refractivity contribution >= 4 is 11.6 Å². The second-order valence-electron chi connectivity index (χ2n) is 5.27. The van der Waals surface area contributed by atoms with E-state index in [1.807, 2.05) is 24.3 Å². The lowest BCUT2D eigenvalue weighted by atomic mass is 9.92. The van der Waals surface area contributed by atoms with E-state index in [9.17, 15) is 4.79 Å². The van der Waals surface area contributed by atoms with Gasteiger partial charge in [-0.05, 0) is 37.6 Å². The van der Waals surface area contributed by atoms with E-state index in [4.69, 9.17) is 5.73 Å². The lowest BCUT2D eigenvalue weighted by Crippen LogP contribution is -2.38. The highest BCUT2D eigenvalue weighted by Gasteiger charge is 2.21. The first-order valence-corrected chi connectivity index (χ1v) is 6.98. The van der Waals surface area contributed by atoms with E-state index >= 15 is 0 Å². The van der Waals surface area contributed by atoms with E-state index in [2.05, 4.69) is 17.3 Å². The molecule has 104 valence electrons. The van der Waals surface area contributed by atoms with Crippen LogP contribution in [-0.4, -0.2) is 30.4 Å². The van der Waals surface area contributed by atoms with Crippen LogP contribution in [-0.2, 0) is 11.3 Å². The molecule has 1 aliphatic rings. The molecule has 0 aliphatic heterocycles. The molecule has 0 heterocycles. The summed E-state index contributed by atoms with van der Waals surface area (Å²) >= 11 is 0. The van der Waals surface area contributed by atoms with E-state index in [0.717, 1.165) is 17.8 Å². The topological polar surface area (TPSA) is 58.4 Å². The van der Waals surface area contributed by atoms with Crippen LogP contribution in [0.25, 0.3) is 0 Å². The highest BCUT2D eigenvalue weighted by molar-refractivity contribution is 5.90. The second-order valence-corrected chi connectivity index (χ2v) is 5.27. The van der Waals surface area contributed by atoms with Crippen LogP contribution in [0.15, 0.2) is 24.3 Å². The first-order chi connectivity index (χ1) is 9.19. The average Bonchev–Trinajstić information content (AvgIpc) is 2.34. The standard InChI is InChI=1S/C15H23N3O/c1-18(14-6-3-7-14)9-8-15(19)17-13-5-2-4-12(10-13)11-16/h2,4-5,10,14H,3,6-9,11,16H2,1H3,(H,17,19). The van der Waals surface area contributed by atoms with Crippen LogP contribution in [0, 0.1) is 0 Å². The highest BCUT2D eigenvalue weighted by atomic mass is 16.1. The normalized spacial score (nSPS) is 15.3. The van der Waals surface area contributed by atoms with Crippen LogP contribution < -0.4 is 11.1 Å². The van der Waals surface area contributed by atoms with Crippen molar-refractivity contribution < 1.29 is 4.79 Å². The van der Waals surface area contributed by atoms with Crippen LogP contribution in [0.2, 0.25) is 0 Å². The molecule has 4 nitrogen and oxygen atoms in total. The number of rotatable bonds is 6. The molecule has 4 heteroatoms. The molecule has 0 radical (unpaired) electrons. The molecule has 1 saturated carbocycles. The first-order valence-electron chi connectivity index (χ1n) is 6.98. The molecule has 0 atom stereocenters. The van der Waals surface area contributed by atoms with Gasteiger partial charge in [0, 0.05) is 31.2 Å². The SMILES string of the molecule is CN(CCC(=O)Nc1cccc(CN)c1)C1CCC1. The summed E-state index contributed by atoms with van der Waals surface area (Å²) in [5, 5.41) is 2.93. The van der Waals surface area contributed by atoms with E-state index in [1.165, 1.54) is 19.3 Å². The van der Waals surface area contributed by atoms with Crippen LogP contribution >= 0.6 is 0 Å². The first kappa shape index (κ1) is 14.0. The fraction of sp³-hybridized carbons (Fsp3) is 0.533. The van der Waals surface area contributed by atoms with Crippen LogP contribution in [0.4, 0.5) is 5.69 Å². The third kappa shape index (κ3) is 4.04. The summed E-state index contributed by atoms with van der Waals surface area (Å²) in [5.74, 6) is 0.0698. The molecular formula is C15H23N3O. The Bertz CT molecular complexity index is 429. The lowest BCUT2D eigenvalue weighted by Gasteiger charge is -2.34. The summed E-state index contributed by atoms with van der Waals surface area (Å²) < 4.78 is 0. The number of anilines is 1. The molecule has 0 aromatic heterocycles. The summed E-state index contributed by atoms with van der Waals surface area (Å²) in [6.45, 7) is 1.32. The molecule has 1 fully saturated rings. The van der Waals surface area contributed by atoms with Gasteiger partial charge in [-0.2, -0.15) is 0 Å². The molecular weight excluding hydrogens is 238 g/mol. The zero-order chi connectivity index (χ0) is 13.7. The van der Waals surface area contributed by atoms with Crippen molar-refractivity contribution in [2.75, 3.05) is 18.9 Å². The number of nitrogens with two attached hydrogens (primary N) is 1. The molecule has 1 aromatic carbocycles. The smallest absolute Gasteiger partial charge is 0.225 e. The number of amides is 1. The minimum atomic E-state index is 0.0698. The summed E-state index contributed by atoms with van der Waals surface area (Å²) in [5.41, 5.74) is 7.45. The fourth-order valence-corrected chi connectivity index (χ4v) is 2.29. The molecule has 2 rings (SSSR count). The van der Waals surface area contributed by atoms with E-state index in [0.29, 0.717) is 19.0 Å². The number of carbonyl (C=O) groups excluding carboxylic acids is 1. The van der Waals surface area contributed by atoms with Crippen LogP contribution in [0.3, 0.4) is 0 Å². The number of nitrogens with zero attached hydrogens (tertiary/aromatic N) is 1. The van der Waals surface area contributed by atoms with Gasteiger partial charge in [0.05, 0.1) is 0 Å². The van der Waals surface area contributed by atoms with E-state index in [1.54, 1.807) is 0 Å². The molecule has 19 heavy (non-hydrogen) atoms. The van der Waals surface area contributed by atoms with Gasteiger partial charge in [-0.3, -0.25) is 4.79 Å². The zero-order valence-electron chi connectivity index (χ0n) is 11.6. The maximum atomic E-state index is 11.9. The number of nitrogens with one attached hydrogen (secondary N) is 1. The van der Waals surface area contributed by atoms with Gasteiger partial charge in [0.15, 0.2) is 0 Å². The molecule has 3 N–H and O–H groups in total. The second kappa shape index (κ2) is 6.68. The molecule has 1 aliphatic carbocycles. The number of benzene rings is 1. The number of carbonyl (C=O) groups is 1. The van der Waals surface area contributed by atoms with Crippen molar-refractivity contribution in [2.45, 2.75) is 38.3 Å². The lowest BCUT2D eigenvalue weighted by molar-refractivity contribution is -0.116. The molecule has 0 spiro atoms. The summed E-state index contributed by atoms with van der Waals surface area (Å²) in [4.78, 5) is 14.2. The summed E-state index contributed by atoms with van der Waals surface area (Å²) in [7, 11) is 2.10. The number of hydrogen-bond acceptors (Lipinski definition) is 3.